The summed E-state index contributed by atoms with van der Waals surface area (Å²) in [4.78, 5) is 4.42. The van der Waals surface area contributed by atoms with Gasteiger partial charge in [-0.1, -0.05) is 0 Å². The lowest BCUT2D eigenvalue weighted by Crippen LogP contribution is -2.56. The number of nitrogens with zero attached hydrogens (tertiary/aromatic N) is 1. The molecule has 118 valence electrons. The van der Waals surface area contributed by atoms with Crippen molar-refractivity contribution in [2.24, 2.45) is 10.7 Å². The van der Waals surface area contributed by atoms with Gasteiger partial charge >= 0.3 is 0 Å². The molecule has 2 heterocycles. The van der Waals surface area contributed by atoms with Crippen LogP contribution >= 0.6 is 27.3 Å². The molecule has 0 saturated heterocycles. The zero-order valence-electron chi connectivity index (χ0n) is 11.5. The molecule has 21 heavy (non-hydrogen) atoms. The van der Waals surface area contributed by atoms with Crippen molar-refractivity contribution in [1.29, 1.82) is 0 Å². The van der Waals surface area contributed by atoms with Crippen LogP contribution in [0.4, 0.5) is 8.78 Å². The lowest BCUT2D eigenvalue weighted by molar-refractivity contribution is 0.427. The SMILES string of the molecule is C[C@]1(CCF)C(N)=N[C@](C)(c2sc(Br)cc2F)CS1(=O)=O. The molecule has 1 aliphatic heterocycles. The van der Waals surface area contributed by atoms with Crippen molar-refractivity contribution in [2.45, 2.75) is 30.6 Å². The van der Waals surface area contributed by atoms with Crippen LogP contribution in [0.2, 0.25) is 0 Å². The molecule has 2 N–H and O–H groups in total. The Kier molecular flexibility index (Phi) is 4.23. The minimum Gasteiger partial charge on any atom is -0.386 e. The lowest BCUT2D eigenvalue weighted by Gasteiger charge is -2.38. The molecular weight excluding hydrogens is 386 g/mol. The number of amidine groups is 1. The van der Waals surface area contributed by atoms with E-state index in [1.165, 1.54) is 19.9 Å². The Balaban J connectivity index is 2.61. The van der Waals surface area contributed by atoms with Crippen LogP contribution in [-0.4, -0.2) is 31.4 Å². The largest absolute Gasteiger partial charge is 0.386 e. The predicted molar refractivity (Wildman–Crippen MR) is 83.7 cm³/mol. The predicted octanol–water partition coefficient (Wildman–Crippen LogP) is 2.77. The van der Waals surface area contributed by atoms with Crippen LogP contribution in [0, 0.1) is 5.82 Å². The van der Waals surface area contributed by atoms with Crippen molar-refractivity contribution in [3.8, 4) is 0 Å². The van der Waals surface area contributed by atoms with Crippen molar-refractivity contribution in [3.63, 3.8) is 0 Å². The lowest BCUT2D eigenvalue weighted by atomic mass is 10.00. The molecule has 0 bridgehead atoms. The van der Waals surface area contributed by atoms with Gasteiger partial charge in [-0.25, -0.2) is 12.8 Å². The van der Waals surface area contributed by atoms with E-state index in [1.807, 2.05) is 0 Å². The molecule has 0 saturated carbocycles. The molecule has 0 aliphatic carbocycles. The van der Waals surface area contributed by atoms with Crippen LogP contribution in [0.15, 0.2) is 14.8 Å². The van der Waals surface area contributed by atoms with Gasteiger partial charge in [0.1, 0.15) is 21.9 Å². The number of halogens is 3. The van der Waals surface area contributed by atoms with Crippen LogP contribution in [0.1, 0.15) is 25.1 Å². The van der Waals surface area contributed by atoms with Crippen molar-refractivity contribution in [2.75, 3.05) is 12.4 Å². The fourth-order valence-corrected chi connectivity index (χ4v) is 6.04. The number of hydrogen-bond acceptors (Lipinski definition) is 5. The second kappa shape index (κ2) is 5.27. The summed E-state index contributed by atoms with van der Waals surface area (Å²) < 4.78 is 50.8. The van der Waals surface area contributed by atoms with Crippen molar-refractivity contribution in [3.05, 3.63) is 20.5 Å². The molecule has 9 heteroatoms. The first-order valence-corrected chi connectivity index (χ1v) is 9.41. The highest BCUT2D eigenvalue weighted by Gasteiger charge is 2.52. The van der Waals surface area contributed by atoms with E-state index in [0.717, 1.165) is 11.3 Å². The van der Waals surface area contributed by atoms with E-state index in [2.05, 4.69) is 20.9 Å². The van der Waals surface area contributed by atoms with Gasteiger partial charge in [0.2, 0.25) is 0 Å². The first-order chi connectivity index (χ1) is 9.56. The molecule has 2 rings (SSSR count). The van der Waals surface area contributed by atoms with E-state index in [-0.39, 0.29) is 17.1 Å². The highest BCUT2D eigenvalue weighted by atomic mass is 79.9. The van der Waals surface area contributed by atoms with E-state index >= 15 is 0 Å². The standard InChI is InChI=1S/C12H15BrF2N2O2S2/c1-11(9-7(15)5-8(13)20-9)6-21(18,19)12(2,3-4-14)10(16)17-11/h5H,3-4,6H2,1-2H3,(H2,16,17)/t11-,12-/m0/s1. The molecule has 0 unspecified atom stereocenters. The Hall–Kier alpha value is -0.540. The van der Waals surface area contributed by atoms with Gasteiger partial charge in [0, 0.05) is 6.42 Å². The Morgan fingerprint density at radius 1 is 1.52 bits per heavy atom. The van der Waals surface area contributed by atoms with Gasteiger partial charge in [0.25, 0.3) is 0 Å². The molecular formula is C12H15BrF2N2O2S2. The smallest absolute Gasteiger partial charge is 0.165 e. The van der Waals surface area contributed by atoms with Gasteiger partial charge in [-0.3, -0.25) is 9.38 Å². The second-order valence-electron chi connectivity index (χ2n) is 5.43. The van der Waals surface area contributed by atoms with Gasteiger partial charge < -0.3 is 5.73 Å². The summed E-state index contributed by atoms with van der Waals surface area (Å²) in [5, 5.41) is 0. The molecule has 4 nitrogen and oxygen atoms in total. The van der Waals surface area contributed by atoms with E-state index < -0.39 is 38.4 Å². The Bertz CT molecular complexity index is 704. The van der Waals surface area contributed by atoms with Gasteiger partial charge in [0.05, 0.1) is 21.1 Å². The summed E-state index contributed by atoms with van der Waals surface area (Å²) in [6.45, 7) is 2.07. The summed E-state index contributed by atoms with van der Waals surface area (Å²) in [7, 11) is -3.77. The first kappa shape index (κ1) is 16.8. The number of rotatable bonds is 3. The zero-order chi connectivity index (χ0) is 16.1. The van der Waals surface area contributed by atoms with E-state index in [0.29, 0.717) is 3.79 Å². The third-order valence-corrected chi connectivity index (χ3v) is 8.38. The van der Waals surface area contributed by atoms with E-state index in [9.17, 15) is 17.2 Å². The fourth-order valence-electron chi connectivity index (χ4n) is 2.39. The average molecular weight is 401 g/mol. The quantitative estimate of drug-likeness (QED) is 0.847. The van der Waals surface area contributed by atoms with Crippen LogP contribution in [0.25, 0.3) is 0 Å². The second-order valence-corrected chi connectivity index (χ2v) is 10.3. The molecule has 0 spiro atoms. The van der Waals surface area contributed by atoms with Crippen molar-refractivity contribution in [1.82, 2.24) is 0 Å². The zero-order valence-corrected chi connectivity index (χ0v) is 14.7. The number of nitrogens with two attached hydrogens (primary N) is 1. The monoisotopic (exact) mass is 400 g/mol. The number of aliphatic imine (C=N–C) groups is 1. The summed E-state index contributed by atoms with van der Waals surface area (Å²) in [5.41, 5.74) is 4.53. The number of sulfone groups is 1. The minimum atomic E-state index is -3.77. The maximum atomic E-state index is 14.0. The molecule has 1 aliphatic rings. The van der Waals surface area contributed by atoms with Crippen LogP contribution in [0.3, 0.4) is 0 Å². The van der Waals surface area contributed by atoms with Gasteiger partial charge in [0.15, 0.2) is 9.84 Å². The topological polar surface area (TPSA) is 72.5 Å². The highest BCUT2D eigenvalue weighted by molar-refractivity contribution is 9.11. The molecule has 0 aromatic carbocycles. The fraction of sp³-hybridized carbons (Fsp3) is 0.583. The Morgan fingerprint density at radius 3 is 2.57 bits per heavy atom. The third-order valence-electron chi connectivity index (χ3n) is 3.78. The van der Waals surface area contributed by atoms with Crippen LogP contribution in [-0.2, 0) is 15.4 Å². The highest BCUT2D eigenvalue weighted by Crippen LogP contribution is 2.43. The maximum Gasteiger partial charge on any atom is 0.165 e. The number of hydrogen-bond donors (Lipinski definition) is 1. The maximum absolute atomic E-state index is 14.0. The summed E-state index contributed by atoms with van der Waals surface area (Å²) in [6, 6.07) is 1.26. The Morgan fingerprint density at radius 2 is 2.14 bits per heavy atom. The van der Waals surface area contributed by atoms with Crippen molar-refractivity contribution < 1.29 is 17.2 Å². The molecule has 0 radical (unpaired) electrons. The van der Waals surface area contributed by atoms with Crippen LogP contribution in [0.5, 0.6) is 0 Å². The summed E-state index contributed by atoms with van der Waals surface area (Å²) in [6.07, 6.45) is -0.253. The van der Waals surface area contributed by atoms with Gasteiger partial charge in [-0.15, -0.1) is 11.3 Å². The van der Waals surface area contributed by atoms with E-state index in [4.69, 9.17) is 5.73 Å². The van der Waals surface area contributed by atoms with Gasteiger partial charge in [-0.05, 0) is 35.8 Å². The number of alkyl halides is 1. The summed E-state index contributed by atoms with van der Waals surface area (Å²) >= 11 is 4.24. The molecule has 1 aromatic rings. The number of thiophene rings is 1. The average Bonchev–Trinajstić information content (AvgIpc) is 2.66. The van der Waals surface area contributed by atoms with Crippen molar-refractivity contribution >= 4 is 42.9 Å². The Labute approximate surface area is 134 Å². The first-order valence-electron chi connectivity index (χ1n) is 6.15. The third kappa shape index (κ3) is 2.63. The molecule has 1 aromatic heterocycles. The molecule has 2 atom stereocenters. The van der Waals surface area contributed by atoms with Crippen LogP contribution < -0.4 is 5.73 Å². The minimum absolute atomic E-state index is 0.169. The van der Waals surface area contributed by atoms with E-state index in [1.54, 1.807) is 0 Å². The van der Waals surface area contributed by atoms with Gasteiger partial charge in [-0.2, -0.15) is 0 Å². The molecule has 0 amide bonds. The molecule has 0 fully saturated rings. The summed E-state index contributed by atoms with van der Waals surface area (Å²) in [5.74, 6) is -1.10. The normalized spacial score (nSPS) is 32.0.